The molecule has 1 fully saturated rings. The van der Waals surface area contributed by atoms with Crippen LogP contribution in [0, 0.1) is 6.92 Å². The molecule has 5 heteroatoms. The summed E-state index contributed by atoms with van der Waals surface area (Å²) in [6, 6.07) is 8.75. The zero-order valence-corrected chi connectivity index (χ0v) is 14.4. The molecule has 0 bridgehead atoms. The van der Waals surface area contributed by atoms with Crippen molar-refractivity contribution in [2.45, 2.75) is 44.9 Å². The number of likely N-dealkylation sites (tertiary alicyclic amines) is 1. The van der Waals surface area contributed by atoms with Crippen LogP contribution in [0.2, 0.25) is 0 Å². The summed E-state index contributed by atoms with van der Waals surface area (Å²) in [7, 11) is 1.81. The van der Waals surface area contributed by atoms with E-state index in [1.54, 1.807) is 0 Å². The topological polar surface area (TPSA) is 61.3 Å². The average Bonchev–Trinajstić information content (AvgIpc) is 2.60. The van der Waals surface area contributed by atoms with Crippen LogP contribution in [0.25, 0.3) is 0 Å². The number of aliphatic hydroxyl groups is 1. The van der Waals surface area contributed by atoms with Crippen LogP contribution in [0.1, 0.15) is 29.5 Å². The van der Waals surface area contributed by atoms with Crippen LogP contribution in [-0.2, 0) is 13.0 Å². The molecule has 0 aliphatic carbocycles. The average molecular weight is 326 g/mol. The third kappa shape index (κ3) is 4.10. The number of hydrogen-bond donors (Lipinski definition) is 2. The number of benzene rings is 1. The molecular formula is C19H26N4O. The second kappa shape index (κ2) is 7.73. The standard InChI is InChI=1S/C19H26N4O/c1-14-5-7-15(8-6-14)10-17-18(24)4-3-9-23(17)13-16-11-21-19(20-2)22-12-16/h5-8,11-12,17-18,24H,3-4,9-10,13H2,1-2H3,(H,20,21,22)/t17-,18-/m0/s1. The Balaban J connectivity index is 1.72. The molecule has 2 heterocycles. The maximum Gasteiger partial charge on any atom is 0.222 e. The van der Waals surface area contributed by atoms with E-state index in [9.17, 15) is 5.11 Å². The molecule has 0 unspecified atom stereocenters. The Bertz CT molecular complexity index is 641. The normalized spacial score (nSPS) is 21.6. The van der Waals surface area contributed by atoms with Crippen LogP contribution in [0.5, 0.6) is 0 Å². The lowest BCUT2D eigenvalue weighted by Gasteiger charge is -2.39. The Labute approximate surface area is 143 Å². The van der Waals surface area contributed by atoms with Gasteiger partial charge in [0, 0.05) is 37.6 Å². The number of piperidine rings is 1. The summed E-state index contributed by atoms with van der Waals surface area (Å²) in [5, 5.41) is 13.5. The maximum absolute atomic E-state index is 10.5. The Hall–Kier alpha value is -1.98. The predicted molar refractivity (Wildman–Crippen MR) is 95.9 cm³/mol. The molecule has 0 amide bonds. The Morgan fingerprint density at radius 2 is 1.88 bits per heavy atom. The molecule has 1 aliphatic heterocycles. The number of hydrogen-bond acceptors (Lipinski definition) is 5. The molecule has 1 aromatic heterocycles. The molecule has 1 aromatic carbocycles. The molecule has 0 spiro atoms. The zero-order chi connectivity index (χ0) is 16.9. The Morgan fingerprint density at radius 1 is 1.17 bits per heavy atom. The van der Waals surface area contributed by atoms with Gasteiger partial charge in [0.25, 0.3) is 0 Å². The van der Waals surface area contributed by atoms with Gasteiger partial charge in [0.1, 0.15) is 0 Å². The molecular weight excluding hydrogens is 300 g/mol. The number of rotatable bonds is 5. The van der Waals surface area contributed by atoms with E-state index < -0.39 is 0 Å². The summed E-state index contributed by atoms with van der Waals surface area (Å²) in [5.41, 5.74) is 3.62. The largest absolute Gasteiger partial charge is 0.391 e. The molecule has 2 aromatic rings. The van der Waals surface area contributed by atoms with Crippen molar-refractivity contribution in [2.24, 2.45) is 0 Å². The SMILES string of the molecule is CNc1ncc(CN2CCC[C@H](O)[C@@H]2Cc2ccc(C)cc2)cn1. The minimum absolute atomic E-state index is 0.144. The fourth-order valence-corrected chi connectivity index (χ4v) is 3.33. The molecule has 128 valence electrons. The molecule has 0 radical (unpaired) electrons. The van der Waals surface area contributed by atoms with Crippen molar-refractivity contribution in [3.05, 3.63) is 53.3 Å². The minimum atomic E-state index is -0.280. The predicted octanol–water partition coefficient (Wildman–Crippen LogP) is 2.39. The molecule has 2 N–H and O–H groups in total. The van der Waals surface area contributed by atoms with Gasteiger partial charge in [-0.15, -0.1) is 0 Å². The highest BCUT2D eigenvalue weighted by Crippen LogP contribution is 2.23. The lowest BCUT2D eigenvalue weighted by atomic mass is 9.92. The first-order valence-corrected chi connectivity index (χ1v) is 8.62. The van der Waals surface area contributed by atoms with Crippen LogP contribution in [0.4, 0.5) is 5.95 Å². The summed E-state index contributed by atoms with van der Waals surface area (Å²) < 4.78 is 0. The number of aliphatic hydroxyl groups excluding tert-OH is 1. The van der Waals surface area contributed by atoms with Crippen molar-refractivity contribution < 1.29 is 5.11 Å². The number of nitrogens with one attached hydrogen (secondary N) is 1. The Kier molecular flexibility index (Phi) is 5.43. The first kappa shape index (κ1) is 16.9. The zero-order valence-electron chi connectivity index (χ0n) is 14.4. The van der Waals surface area contributed by atoms with Gasteiger partial charge < -0.3 is 10.4 Å². The first-order valence-electron chi connectivity index (χ1n) is 8.62. The van der Waals surface area contributed by atoms with E-state index >= 15 is 0 Å². The summed E-state index contributed by atoms with van der Waals surface area (Å²) in [6.45, 7) is 3.87. The van der Waals surface area contributed by atoms with Crippen molar-refractivity contribution in [3.63, 3.8) is 0 Å². The third-order valence-electron chi connectivity index (χ3n) is 4.74. The van der Waals surface area contributed by atoms with Crippen LogP contribution in [0.3, 0.4) is 0 Å². The number of nitrogens with zero attached hydrogens (tertiary/aromatic N) is 3. The van der Waals surface area contributed by atoms with Gasteiger partial charge in [-0.1, -0.05) is 29.8 Å². The van der Waals surface area contributed by atoms with E-state index in [2.05, 4.69) is 51.4 Å². The Morgan fingerprint density at radius 3 is 2.54 bits per heavy atom. The molecule has 1 saturated heterocycles. The monoisotopic (exact) mass is 326 g/mol. The van der Waals surface area contributed by atoms with E-state index in [0.717, 1.165) is 37.9 Å². The van der Waals surface area contributed by atoms with Crippen molar-refractivity contribution in [2.75, 3.05) is 18.9 Å². The fourth-order valence-electron chi connectivity index (χ4n) is 3.33. The van der Waals surface area contributed by atoms with Crippen LogP contribution < -0.4 is 5.32 Å². The van der Waals surface area contributed by atoms with Gasteiger partial charge >= 0.3 is 0 Å². The summed E-state index contributed by atoms with van der Waals surface area (Å²) in [6.07, 6.45) is 6.23. The highest BCUT2D eigenvalue weighted by atomic mass is 16.3. The van der Waals surface area contributed by atoms with E-state index in [1.807, 2.05) is 19.4 Å². The van der Waals surface area contributed by atoms with Crippen molar-refractivity contribution in [1.29, 1.82) is 0 Å². The highest BCUT2D eigenvalue weighted by Gasteiger charge is 2.30. The minimum Gasteiger partial charge on any atom is -0.391 e. The van der Waals surface area contributed by atoms with E-state index in [1.165, 1.54) is 11.1 Å². The van der Waals surface area contributed by atoms with Crippen molar-refractivity contribution >= 4 is 5.95 Å². The number of aryl methyl sites for hydroxylation is 1. The van der Waals surface area contributed by atoms with Crippen molar-refractivity contribution in [3.8, 4) is 0 Å². The van der Waals surface area contributed by atoms with Crippen LogP contribution in [-0.4, -0.2) is 45.7 Å². The second-order valence-corrected chi connectivity index (χ2v) is 6.60. The quantitative estimate of drug-likeness (QED) is 0.883. The second-order valence-electron chi connectivity index (χ2n) is 6.60. The summed E-state index contributed by atoms with van der Waals surface area (Å²) >= 11 is 0. The van der Waals surface area contributed by atoms with Crippen molar-refractivity contribution in [1.82, 2.24) is 14.9 Å². The molecule has 24 heavy (non-hydrogen) atoms. The highest BCUT2D eigenvalue weighted by molar-refractivity contribution is 5.24. The van der Waals surface area contributed by atoms with E-state index in [0.29, 0.717) is 5.95 Å². The van der Waals surface area contributed by atoms with Crippen LogP contribution >= 0.6 is 0 Å². The van der Waals surface area contributed by atoms with Crippen LogP contribution in [0.15, 0.2) is 36.7 Å². The van der Waals surface area contributed by atoms with Gasteiger partial charge in [0.15, 0.2) is 0 Å². The molecule has 2 atom stereocenters. The van der Waals surface area contributed by atoms with Gasteiger partial charge in [-0.3, -0.25) is 4.90 Å². The van der Waals surface area contributed by atoms with E-state index in [4.69, 9.17) is 0 Å². The van der Waals surface area contributed by atoms with Gasteiger partial charge in [-0.25, -0.2) is 9.97 Å². The molecule has 3 rings (SSSR count). The molecule has 5 nitrogen and oxygen atoms in total. The number of anilines is 1. The van der Waals surface area contributed by atoms with E-state index in [-0.39, 0.29) is 12.1 Å². The summed E-state index contributed by atoms with van der Waals surface area (Å²) in [4.78, 5) is 10.9. The fraction of sp³-hybridized carbons (Fsp3) is 0.474. The van der Waals surface area contributed by atoms with Gasteiger partial charge in [-0.2, -0.15) is 0 Å². The lowest BCUT2D eigenvalue weighted by molar-refractivity contribution is 0.00664. The first-order chi connectivity index (χ1) is 11.7. The maximum atomic E-state index is 10.5. The summed E-state index contributed by atoms with van der Waals surface area (Å²) in [5.74, 6) is 0.633. The molecule has 1 aliphatic rings. The van der Waals surface area contributed by atoms with Gasteiger partial charge in [0.05, 0.1) is 6.10 Å². The number of aromatic nitrogens is 2. The van der Waals surface area contributed by atoms with Gasteiger partial charge in [0.2, 0.25) is 5.95 Å². The smallest absolute Gasteiger partial charge is 0.222 e. The van der Waals surface area contributed by atoms with Gasteiger partial charge in [-0.05, 0) is 38.3 Å². The molecule has 0 saturated carbocycles. The third-order valence-corrected chi connectivity index (χ3v) is 4.74. The lowest BCUT2D eigenvalue weighted by Crippen LogP contribution is -2.48.